The van der Waals surface area contributed by atoms with E-state index in [2.05, 4.69) is 0 Å². The Hall–Kier alpha value is -0.450. The van der Waals surface area contributed by atoms with E-state index in [9.17, 15) is 0 Å². The van der Waals surface area contributed by atoms with Crippen molar-refractivity contribution in [1.29, 1.82) is 0 Å². The maximum absolute atomic E-state index is 5.97. The van der Waals surface area contributed by atoms with Gasteiger partial charge in [0.1, 0.15) is 5.75 Å². The summed E-state index contributed by atoms with van der Waals surface area (Å²) in [5, 5.41) is 0.605. The number of thioether (sulfide) groups is 1. The van der Waals surface area contributed by atoms with Gasteiger partial charge in [-0.25, -0.2) is 0 Å². The molecule has 0 aromatic heterocycles. The van der Waals surface area contributed by atoms with E-state index in [1.165, 1.54) is 11.8 Å². The molecule has 0 bridgehead atoms. The molecule has 88 valence electrons. The molecule has 16 heavy (non-hydrogen) atoms. The van der Waals surface area contributed by atoms with Gasteiger partial charge in [0.2, 0.25) is 4.38 Å². The normalized spacial score (nSPS) is 9.94. The van der Waals surface area contributed by atoms with Crippen molar-refractivity contribution >= 4 is 40.0 Å². The van der Waals surface area contributed by atoms with E-state index in [1.807, 2.05) is 26.0 Å². The molecule has 0 amide bonds. The van der Waals surface area contributed by atoms with Gasteiger partial charge in [-0.1, -0.05) is 11.6 Å². The number of rotatable bonds is 4. The fourth-order valence-corrected chi connectivity index (χ4v) is 2.31. The van der Waals surface area contributed by atoms with E-state index in [0.717, 1.165) is 4.90 Å². The molecule has 1 aromatic rings. The van der Waals surface area contributed by atoms with Crippen molar-refractivity contribution in [2.75, 3.05) is 13.2 Å². The molecule has 0 aliphatic heterocycles. The maximum atomic E-state index is 5.97. The molecule has 2 nitrogen and oxygen atoms in total. The first-order valence-corrected chi connectivity index (χ1v) is 6.54. The van der Waals surface area contributed by atoms with Crippen LogP contribution in [-0.2, 0) is 4.74 Å². The molecule has 0 radical (unpaired) electrons. The first-order chi connectivity index (χ1) is 7.67. The molecule has 1 aromatic carbocycles. The van der Waals surface area contributed by atoms with E-state index in [0.29, 0.717) is 28.4 Å². The monoisotopic (exact) mass is 276 g/mol. The molecular formula is C11H13ClO2S2. The number of ether oxygens (including phenoxy) is 2. The lowest BCUT2D eigenvalue weighted by Crippen LogP contribution is -1.96. The lowest BCUT2D eigenvalue weighted by molar-refractivity contribution is 0.339. The zero-order valence-electron chi connectivity index (χ0n) is 9.16. The Labute approximate surface area is 110 Å². The Balaban J connectivity index is 2.74. The van der Waals surface area contributed by atoms with Gasteiger partial charge in [-0.15, -0.1) is 0 Å². The summed E-state index contributed by atoms with van der Waals surface area (Å²) in [5.74, 6) is 0.675. The minimum atomic E-state index is 0.507. The third-order valence-corrected chi connectivity index (χ3v) is 3.12. The predicted molar refractivity (Wildman–Crippen MR) is 72.7 cm³/mol. The Bertz CT molecular complexity index is 369. The standard InChI is InChI=1S/C11H13ClO2S2/c1-3-13-10-7-8(5-6-9(10)12)16-11(15)14-4-2/h5-7H,3-4H2,1-2H3. The van der Waals surface area contributed by atoms with Gasteiger partial charge in [-0.3, -0.25) is 0 Å². The fraction of sp³-hybridized carbons (Fsp3) is 0.364. The Kier molecular flexibility index (Phi) is 5.95. The highest BCUT2D eigenvalue weighted by Crippen LogP contribution is 2.30. The van der Waals surface area contributed by atoms with E-state index >= 15 is 0 Å². The molecule has 0 aliphatic rings. The smallest absolute Gasteiger partial charge is 0.224 e. The number of halogens is 1. The van der Waals surface area contributed by atoms with Crippen molar-refractivity contribution in [1.82, 2.24) is 0 Å². The Morgan fingerprint density at radius 1 is 1.38 bits per heavy atom. The molecule has 1 rings (SSSR count). The lowest BCUT2D eigenvalue weighted by Gasteiger charge is -2.08. The van der Waals surface area contributed by atoms with Crippen LogP contribution in [0.15, 0.2) is 23.1 Å². The number of thiocarbonyl (C=S) groups is 1. The van der Waals surface area contributed by atoms with E-state index in [1.54, 1.807) is 6.07 Å². The van der Waals surface area contributed by atoms with Gasteiger partial charge >= 0.3 is 0 Å². The third kappa shape index (κ3) is 4.20. The van der Waals surface area contributed by atoms with Crippen LogP contribution >= 0.6 is 35.6 Å². The van der Waals surface area contributed by atoms with Gasteiger partial charge in [-0.2, -0.15) is 0 Å². The second kappa shape index (κ2) is 6.99. The number of hydrogen-bond acceptors (Lipinski definition) is 4. The average Bonchev–Trinajstić information content (AvgIpc) is 2.24. The van der Waals surface area contributed by atoms with Crippen molar-refractivity contribution in [3.63, 3.8) is 0 Å². The highest BCUT2D eigenvalue weighted by Gasteiger charge is 2.06. The van der Waals surface area contributed by atoms with Gasteiger partial charge < -0.3 is 9.47 Å². The molecule has 0 heterocycles. The van der Waals surface area contributed by atoms with Crippen LogP contribution in [0.25, 0.3) is 0 Å². The SMILES string of the molecule is CCOC(=S)Sc1ccc(Cl)c(OCC)c1. The van der Waals surface area contributed by atoms with E-state index in [-0.39, 0.29) is 0 Å². The lowest BCUT2D eigenvalue weighted by atomic mass is 10.3. The van der Waals surface area contributed by atoms with Crippen LogP contribution in [0.1, 0.15) is 13.8 Å². The minimum Gasteiger partial charge on any atom is -0.492 e. The molecule has 5 heteroatoms. The number of hydrogen-bond donors (Lipinski definition) is 0. The van der Waals surface area contributed by atoms with Crippen LogP contribution in [0.4, 0.5) is 0 Å². The summed E-state index contributed by atoms with van der Waals surface area (Å²) in [6.07, 6.45) is 0. The minimum absolute atomic E-state index is 0.507. The van der Waals surface area contributed by atoms with Crippen molar-refractivity contribution in [3.8, 4) is 5.75 Å². The van der Waals surface area contributed by atoms with Crippen LogP contribution in [0.5, 0.6) is 5.75 Å². The summed E-state index contributed by atoms with van der Waals surface area (Å²) in [7, 11) is 0. The van der Waals surface area contributed by atoms with Gasteiger partial charge in [0.25, 0.3) is 0 Å². The molecule has 0 saturated carbocycles. The van der Waals surface area contributed by atoms with Gasteiger partial charge in [0.15, 0.2) is 0 Å². The summed E-state index contributed by atoms with van der Waals surface area (Å²) < 4.78 is 11.1. The summed E-state index contributed by atoms with van der Waals surface area (Å²) >= 11 is 12.4. The molecule has 0 saturated heterocycles. The topological polar surface area (TPSA) is 18.5 Å². The molecule has 0 fully saturated rings. The van der Waals surface area contributed by atoms with Gasteiger partial charge in [0.05, 0.1) is 18.2 Å². The van der Waals surface area contributed by atoms with E-state index < -0.39 is 0 Å². The Morgan fingerprint density at radius 3 is 2.75 bits per heavy atom. The predicted octanol–water partition coefficient (Wildman–Crippen LogP) is 4.15. The van der Waals surface area contributed by atoms with Crippen LogP contribution in [-0.4, -0.2) is 17.6 Å². The molecule has 0 atom stereocenters. The molecule has 0 spiro atoms. The quantitative estimate of drug-likeness (QED) is 0.607. The van der Waals surface area contributed by atoms with Gasteiger partial charge in [-0.05, 0) is 56.0 Å². The second-order valence-electron chi connectivity index (χ2n) is 2.81. The zero-order valence-corrected chi connectivity index (χ0v) is 11.5. The first-order valence-electron chi connectivity index (χ1n) is 4.94. The number of benzene rings is 1. The van der Waals surface area contributed by atoms with E-state index in [4.69, 9.17) is 33.3 Å². The average molecular weight is 277 g/mol. The van der Waals surface area contributed by atoms with Crippen LogP contribution in [0, 0.1) is 0 Å². The second-order valence-corrected chi connectivity index (χ2v) is 4.89. The van der Waals surface area contributed by atoms with Gasteiger partial charge in [0, 0.05) is 4.90 Å². The van der Waals surface area contributed by atoms with Crippen molar-refractivity contribution in [2.45, 2.75) is 18.7 Å². The fourth-order valence-electron chi connectivity index (χ4n) is 1.06. The van der Waals surface area contributed by atoms with Crippen molar-refractivity contribution in [3.05, 3.63) is 23.2 Å². The summed E-state index contributed by atoms with van der Waals surface area (Å²) in [6.45, 7) is 4.99. The molecular weight excluding hydrogens is 264 g/mol. The third-order valence-electron chi connectivity index (χ3n) is 1.67. The maximum Gasteiger partial charge on any atom is 0.224 e. The van der Waals surface area contributed by atoms with Crippen molar-refractivity contribution in [2.24, 2.45) is 0 Å². The molecule has 0 N–H and O–H groups in total. The zero-order chi connectivity index (χ0) is 12.0. The van der Waals surface area contributed by atoms with Crippen LogP contribution in [0.3, 0.4) is 0 Å². The highest BCUT2D eigenvalue weighted by molar-refractivity contribution is 8.22. The summed E-state index contributed by atoms with van der Waals surface area (Å²) in [5.41, 5.74) is 0. The first kappa shape index (κ1) is 13.6. The largest absolute Gasteiger partial charge is 0.492 e. The molecule has 0 unspecified atom stereocenters. The summed E-state index contributed by atoms with van der Waals surface area (Å²) in [6, 6.07) is 5.55. The van der Waals surface area contributed by atoms with Crippen LogP contribution < -0.4 is 4.74 Å². The van der Waals surface area contributed by atoms with Crippen LogP contribution in [0.2, 0.25) is 5.02 Å². The Morgan fingerprint density at radius 2 is 2.12 bits per heavy atom. The summed E-state index contributed by atoms with van der Waals surface area (Å²) in [4.78, 5) is 0.964. The highest BCUT2D eigenvalue weighted by atomic mass is 35.5. The molecule has 0 aliphatic carbocycles. The van der Waals surface area contributed by atoms with Crippen molar-refractivity contribution < 1.29 is 9.47 Å².